The summed E-state index contributed by atoms with van der Waals surface area (Å²) in [4.78, 5) is 12.3. The van der Waals surface area contributed by atoms with Crippen LogP contribution in [0.2, 0.25) is 5.02 Å². The van der Waals surface area contributed by atoms with E-state index < -0.39 is 16.0 Å². The molecule has 0 bridgehead atoms. The number of hydrogen-bond acceptors (Lipinski definition) is 5. The van der Waals surface area contributed by atoms with Gasteiger partial charge in [-0.3, -0.25) is 0 Å². The average molecular weight is 438 g/mol. The van der Waals surface area contributed by atoms with Crippen molar-refractivity contribution in [3.05, 3.63) is 58.6 Å². The molecule has 2 aromatic carbocycles. The van der Waals surface area contributed by atoms with E-state index >= 15 is 0 Å². The fourth-order valence-corrected chi connectivity index (χ4v) is 5.10. The Morgan fingerprint density at radius 3 is 2.41 bits per heavy atom. The van der Waals surface area contributed by atoms with Crippen LogP contribution in [0, 0.1) is 6.92 Å². The van der Waals surface area contributed by atoms with E-state index in [0.717, 1.165) is 24.8 Å². The van der Waals surface area contributed by atoms with Gasteiger partial charge >= 0.3 is 5.97 Å². The Morgan fingerprint density at radius 1 is 1.03 bits per heavy atom. The molecule has 0 amide bonds. The van der Waals surface area contributed by atoms with Gasteiger partial charge in [0.2, 0.25) is 10.0 Å². The van der Waals surface area contributed by atoms with E-state index in [1.807, 2.05) is 31.2 Å². The molecule has 0 aliphatic carbocycles. The van der Waals surface area contributed by atoms with Crippen LogP contribution in [-0.2, 0) is 14.8 Å². The van der Waals surface area contributed by atoms with Gasteiger partial charge in [0.25, 0.3) is 0 Å². The van der Waals surface area contributed by atoms with E-state index in [2.05, 4.69) is 0 Å². The van der Waals surface area contributed by atoms with E-state index in [1.165, 1.54) is 22.5 Å². The van der Waals surface area contributed by atoms with Gasteiger partial charge < -0.3 is 9.47 Å². The van der Waals surface area contributed by atoms with Crippen molar-refractivity contribution < 1.29 is 22.7 Å². The van der Waals surface area contributed by atoms with E-state index in [4.69, 9.17) is 21.1 Å². The second-order valence-corrected chi connectivity index (χ2v) is 9.22. The molecular weight excluding hydrogens is 414 g/mol. The predicted octanol–water partition coefficient (Wildman–Crippen LogP) is 4.06. The largest absolute Gasteiger partial charge is 0.490 e. The summed E-state index contributed by atoms with van der Waals surface area (Å²) in [7, 11) is -3.74. The van der Waals surface area contributed by atoms with E-state index in [1.54, 1.807) is 0 Å². The Morgan fingerprint density at radius 2 is 1.72 bits per heavy atom. The maximum Gasteiger partial charge on any atom is 0.338 e. The van der Waals surface area contributed by atoms with Crippen LogP contribution in [0.3, 0.4) is 0 Å². The number of ether oxygens (including phenoxy) is 2. The number of nitrogens with zero attached hydrogens (tertiary/aromatic N) is 1. The topological polar surface area (TPSA) is 72.9 Å². The quantitative estimate of drug-likeness (QED) is 0.482. The summed E-state index contributed by atoms with van der Waals surface area (Å²) in [6.45, 7) is 3.15. The highest BCUT2D eigenvalue weighted by Crippen LogP contribution is 2.28. The fraction of sp³-hybridized carbons (Fsp3) is 0.381. The molecule has 2 aromatic rings. The van der Waals surface area contributed by atoms with Crippen LogP contribution in [-0.4, -0.2) is 45.0 Å². The van der Waals surface area contributed by atoms with Gasteiger partial charge in [0.15, 0.2) is 0 Å². The van der Waals surface area contributed by atoms with Crippen LogP contribution in [0.4, 0.5) is 0 Å². The smallest absolute Gasteiger partial charge is 0.338 e. The molecule has 1 aliphatic heterocycles. The highest BCUT2D eigenvalue weighted by atomic mass is 35.5. The molecule has 156 valence electrons. The fourth-order valence-electron chi connectivity index (χ4n) is 3.08. The number of esters is 1. The second-order valence-electron chi connectivity index (χ2n) is 6.91. The van der Waals surface area contributed by atoms with Gasteiger partial charge in [-0.05, 0) is 50.1 Å². The first kappa shape index (κ1) is 21.6. The highest BCUT2D eigenvalue weighted by Gasteiger charge is 2.29. The second kappa shape index (κ2) is 9.61. The van der Waals surface area contributed by atoms with E-state index in [0.29, 0.717) is 18.8 Å². The van der Waals surface area contributed by atoms with Crippen molar-refractivity contribution in [2.75, 3.05) is 26.3 Å². The summed E-state index contributed by atoms with van der Waals surface area (Å²) in [6.07, 6.45) is 2.65. The SMILES string of the molecule is Cc1ccc(OCCOC(=O)c2ccc(Cl)c(S(=O)(=O)N3CCCCC3)c2)cc1. The number of piperidine rings is 1. The number of rotatable bonds is 7. The molecule has 1 saturated heterocycles. The lowest BCUT2D eigenvalue weighted by atomic mass is 10.2. The van der Waals surface area contributed by atoms with E-state index in [9.17, 15) is 13.2 Å². The van der Waals surface area contributed by atoms with Crippen molar-refractivity contribution in [1.82, 2.24) is 4.31 Å². The van der Waals surface area contributed by atoms with Gasteiger partial charge in [0.05, 0.1) is 10.6 Å². The van der Waals surface area contributed by atoms with Crippen molar-refractivity contribution in [2.24, 2.45) is 0 Å². The minimum atomic E-state index is -3.74. The van der Waals surface area contributed by atoms with Crippen molar-refractivity contribution in [2.45, 2.75) is 31.1 Å². The zero-order chi connectivity index (χ0) is 20.9. The molecule has 8 heteroatoms. The van der Waals surface area contributed by atoms with Crippen LogP contribution in [0.1, 0.15) is 35.2 Å². The molecule has 0 saturated carbocycles. The van der Waals surface area contributed by atoms with Crippen molar-refractivity contribution in [3.8, 4) is 5.75 Å². The van der Waals surface area contributed by atoms with Crippen LogP contribution >= 0.6 is 11.6 Å². The Labute approximate surface area is 176 Å². The van der Waals surface area contributed by atoms with Crippen LogP contribution in [0.5, 0.6) is 5.75 Å². The number of carbonyl (C=O) groups excluding carboxylic acids is 1. The Bertz CT molecular complexity index is 954. The number of sulfonamides is 1. The monoisotopic (exact) mass is 437 g/mol. The van der Waals surface area contributed by atoms with Crippen molar-refractivity contribution in [1.29, 1.82) is 0 Å². The van der Waals surface area contributed by atoms with Gasteiger partial charge in [0.1, 0.15) is 23.9 Å². The number of aryl methyl sites for hydroxylation is 1. The zero-order valence-corrected chi connectivity index (χ0v) is 17.8. The van der Waals surface area contributed by atoms with Gasteiger partial charge in [-0.2, -0.15) is 4.31 Å². The summed E-state index contributed by atoms with van der Waals surface area (Å²) >= 11 is 6.13. The third-order valence-corrected chi connectivity index (χ3v) is 7.09. The summed E-state index contributed by atoms with van der Waals surface area (Å²) in [5.74, 6) is 0.0670. The minimum Gasteiger partial charge on any atom is -0.490 e. The molecule has 1 fully saturated rings. The molecule has 6 nitrogen and oxygen atoms in total. The summed E-state index contributed by atoms with van der Waals surface area (Å²) in [5, 5.41) is 0.0924. The molecule has 0 unspecified atom stereocenters. The van der Waals surface area contributed by atoms with Crippen LogP contribution < -0.4 is 4.74 Å². The number of hydrogen-bond donors (Lipinski definition) is 0. The predicted molar refractivity (Wildman–Crippen MR) is 111 cm³/mol. The summed E-state index contributed by atoms with van der Waals surface area (Å²) in [5.41, 5.74) is 1.27. The molecule has 29 heavy (non-hydrogen) atoms. The highest BCUT2D eigenvalue weighted by molar-refractivity contribution is 7.89. The molecule has 1 heterocycles. The first-order chi connectivity index (χ1) is 13.9. The standard InChI is InChI=1S/C21H24ClNO5S/c1-16-5-8-18(9-6-16)27-13-14-28-21(24)17-7-10-19(22)20(15-17)29(25,26)23-11-3-2-4-12-23/h5-10,15H,2-4,11-14H2,1H3. The normalized spacial score (nSPS) is 15.1. The number of halogens is 1. The summed E-state index contributed by atoms with van der Waals surface area (Å²) in [6, 6.07) is 11.7. The molecule has 0 spiro atoms. The van der Waals surface area contributed by atoms with E-state index in [-0.39, 0.29) is 28.7 Å². The lowest BCUT2D eigenvalue weighted by Gasteiger charge is -2.26. The average Bonchev–Trinajstić information content (AvgIpc) is 2.73. The molecular formula is C21H24ClNO5S. The van der Waals surface area contributed by atoms with Gasteiger partial charge in [0, 0.05) is 13.1 Å². The Kier molecular flexibility index (Phi) is 7.16. The van der Waals surface area contributed by atoms with Crippen molar-refractivity contribution in [3.63, 3.8) is 0 Å². The number of benzene rings is 2. The maximum absolute atomic E-state index is 12.9. The molecule has 0 atom stereocenters. The lowest BCUT2D eigenvalue weighted by molar-refractivity contribution is 0.0450. The third-order valence-electron chi connectivity index (χ3n) is 4.71. The van der Waals surface area contributed by atoms with Crippen LogP contribution in [0.15, 0.2) is 47.4 Å². The summed E-state index contributed by atoms with van der Waals surface area (Å²) < 4.78 is 37.9. The zero-order valence-electron chi connectivity index (χ0n) is 16.3. The molecule has 0 aromatic heterocycles. The minimum absolute atomic E-state index is 0.0452. The molecule has 0 radical (unpaired) electrons. The van der Waals surface area contributed by atoms with Gasteiger partial charge in [-0.25, -0.2) is 13.2 Å². The third kappa shape index (κ3) is 5.50. The lowest BCUT2D eigenvalue weighted by Crippen LogP contribution is -2.35. The molecule has 3 rings (SSSR count). The van der Waals surface area contributed by atoms with Crippen LogP contribution in [0.25, 0.3) is 0 Å². The molecule has 0 N–H and O–H groups in total. The maximum atomic E-state index is 12.9. The van der Waals surface area contributed by atoms with Gasteiger partial charge in [-0.1, -0.05) is 35.7 Å². The van der Waals surface area contributed by atoms with Crippen molar-refractivity contribution >= 4 is 27.6 Å². The first-order valence-corrected chi connectivity index (χ1v) is 11.4. The molecule has 1 aliphatic rings. The Hall–Kier alpha value is -2.09. The van der Waals surface area contributed by atoms with Gasteiger partial charge in [-0.15, -0.1) is 0 Å². The first-order valence-electron chi connectivity index (χ1n) is 9.54. The Balaban J connectivity index is 1.62. The number of carbonyl (C=O) groups is 1.